The van der Waals surface area contributed by atoms with Gasteiger partial charge < -0.3 is 32.0 Å². The molecule has 2 aromatic carbocycles. The first-order valence-corrected chi connectivity index (χ1v) is 5.74. The normalized spacial score (nSPS) is 11.8. The first kappa shape index (κ1) is 11.3. The van der Waals surface area contributed by atoms with Crippen molar-refractivity contribution in [2.45, 2.75) is 0 Å². The molecule has 0 radical (unpaired) electrons. The lowest BCUT2D eigenvalue weighted by atomic mass is 10.2. The summed E-state index contributed by atoms with van der Waals surface area (Å²) in [5.74, 6) is 2.19. The van der Waals surface area contributed by atoms with E-state index in [0.29, 0.717) is 40.1 Å². The number of rotatable bonds is 1. The number of ether oxygens (including phenoxy) is 2. The minimum absolute atomic E-state index is 0.450. The summed E-state index contributed by atoms with van der Waals surface area (Å²) in [6.07, 6.45) is 0. The van der Waals surface area contributed by atoms with Gasteiger partial charge in [0.05, 0.1) is 22.7 Å². The molecule has 6 nitrogen and oxygen atoms in total. The fourth-order valence-electron chi connectivity index (χ4n) is 1.94. The molecule has 0 saturated carbocycles. The summed E-state index contributed by atoms with van der Waals surface area (Å²) in [5.41, 5.74) is 19.6. The van der Waals surface area contributed by atoms with Crippen LogP contribution in [0.2, 0.25) is 0 Å². The standard InChI is InChI=1S/C13H14N4O2/c1-17-9-5-13-12(4-8(9)16)18-10-2-6(14)7(15)3-11(10)19-13/h2-5,17H,14-16H2,1H3. The van der Waals surface area contributed by atoms with E-state index in [4.69, 9.17) is 26.7 Å². The van der Waals surface area contributed by atoms with Crippen molar-refractivity contribution in [1.29, 1.82) is 0 Å². The van der Waals surface area contributed by atoms with Crippen LogP contribution < -0.4 is 32.0 Å². The molecule has 1 heterocycles. The molecule has 6 heteroatoms. The Labute approximate surface area is 110 Å². The number of nitrogens with two attached hydrogens (primary N) is 3. The zero-order valence-corrected chi connectivity index (χ0v) is 10.4. The van der Waals surface area contributed by atoms with Gasteiger partial charge in [0.2, 0.25) is 0 Å². The Morgan fingerprint density at radius 3 is 1.63 bits per heavy atom. The third-order valence-corrected chi connectivity index (χ3v) is 2.97. The second-order valence-electron chi connectivity index (χ2n) is 4.27. The SMILES string of the molecule is CNc1cc2c(cc1N)Oc1cc(N)c(N)cc1O2. The second-order valence-corrected chi connectivity index (χ2v) is 4.27. The molecule has 98 valence electrons. The average molecular weight is 258 g/mol. The fourth-order valence-corrected chi connectivity index (χ4v) is 1.94. The van der Waals surface area contributed by atoms with Crippen LogP contribution >= 0.6 is 0 Å². The minimum Gasteiger partial charge on any atom is -0.449 e. The van der Waals surface area contributed by atoms with Crippen molar-refractivity contribution in [3.05, 3.63) is 24.3 Å². The van der Waals surface area contributed by atoms with Gasteiger partial charge in [0.1, 0.15) is 0 Å². The molecule has 0 fully saturated rings. The van der Waals surface area contributed by atoms with Gasteiger partial charge in [-0.1, -0.05) is 0 Å². The Hall–Kier alpha value is -2.76. The number of nitrogen functional groups attached to an aromatic ring is 3. The van der Waals surface area contributed by atoms with E-state index < -0.39 is 0 Å². The van der Waals surface area contributed by atoms with Crippen LogP contribution in [-0.4, -0.2) is 7.05 Å². The van der Waals surface area contributed by atoms with E-state index in [0.717, 1.165) is 5.69 Å². The van der Waals surface area contributed by atoms with Gasteiger partial charge in [-0.2, -0.15) is 0 Å². The van der Waals surface area contributed by atoms with Crippen molar-refractivity contribution < 1.29 is 9.47 Å². The van der Waals surface area contributed by atoms with Crippen molar-refractivity contribution in [2.24, 2.45) is 0 Å². The lowest BCUT2D eigenvalue weighted by Crippen LogP contribution is -2.04. The van der Waals surface area contributed by atoms with Gasteiger partial charge in [0.25, 0.3) is 0 Å². The van der Waals surface area contributed by atoms with Crippen LogP contribution in [0.3, 0.4) is 0 Å². The van der Waals surface area contributed by atoms with Gasteiger partial charge in [-0.25, -0.2) is 0 Å². The largest absolute Gasteiger partial charge is 0.449 e. The van der Waals surface area contributed by atoms with Crippen molar-refractivity contribution in [3.8, 4) is 23.0 Å². The van der Waals surface area contributed by atoms with E-state index >= 15 is 0 Å². The summed E-state index contributed by atoms with van der Waals surface area (Å²) in [6.45, 7) is 0. The van der Waals surface area contributed by atoms with Crippen LogP contribution in [0.15, 0.2) is 24.3 Å². The first-order valence-electron chi connectivity index (χ1n) is 5.74. The smallest absolute Gasteiger partial charge is 0.172 e. The third kappa shape index (κ3) is 1.74. The van der Waals surface area contributed by atoms with Crippen molar-refractivity contribution in [1.82, 2.24) is 0 Å². The number of benzene rings is 2. The molecule has 0 spiro atoms. The number of nitrogens with one attached hydrogen (secondary N) is 1. The van der Waals surface area contributed by atoms with Crippen molar-refractivity contribution in [3.63, 3.8) is 0 Å². The van der Waals surface area contributed by atoms with Crippen LogP contribution in [0, 0.1) is 0 Å². The molecule has 0 aromatic heterocycles. The van der Waals surface area contributed by atoms with E-state index in [1.165, 1.54) is 0 Å². The van der Waals surface area contributed by atoms with E-state index in [2.05, 4.69) is 5.32 Å². The molecular weight excluding hydrogens is 244 g/mol. The highest BCUT2D eigenvalue weighted by Gasteiger charge is 2.21. The Kier molecular flexibility index (Phi) is 2.31. The van der Waals surface area contributed by atoms with Crippen LogP contribution in [0.25, 0.3) is 0 Å². The number of hydrogen-bond donors (Lipinski definition) is 4. The fraction of sp³-hybridized carbons (Fsp3) is 0.0769. The van der Waals surface area contributed by atoms with Crippen LogP contribution in [0.5, 0.6) is 23.0 Å². The summed E-state index contributed by atoms with van der Waals surface area (Å²) < 4.78 is 11.5. The predicted molar refractivity (Wildman–Crippen MR) is 75.8 cm³/mol. The second kappa shape index (κ2) is 3.88. The highest BCUT2D eigenvalue weighted by Crippen LogP contribution is 2.49. The van der Waals surface area contributed by atoms with Gasteiger partial charge in [0.15, 0.2) is 23.0 Å². The Morgan fingerprint density at radius 2 is 1.16 bits per heavy atom. The molecule has 0 amide bonds. The molecule has 0 saturated heterocycles. The Balaban J connectivity index is 2.09. The minimum atomic E-state index is 0.450. The Morgan fingerprint density at radius 1 is 0.737 bits per heavy atom. The van der Waals surface area contributed by atoms with E-state index in [-0.39, 0.29) is 0 Å². The maximum atomic E-state index is 5.89. The maximum absolute atomic E-state index is 5.89. The lowest BCUT2D eigenvalue weighted by Gasteiger charge is -2.22. The summed E-state index contributed by atoms with van der Waals surface area (Å²) >= 11 is 0. The number of anilines is 4. The first-order chi connectivity index (χ1) is 9.08. The van der Waals surface area contributed by atoms with E-state index in [9.17, 15) is 0 Å². The molecule has 7 N–H and O–H groups in total. The molecule has 0 bridgehead atoms. The van der Waals surface area contributed by atoms with Crippen molar-refractivity contribution >= 4 is 22.7 Å². The molecule has 2 aromatic rings. The quantitative estimate of drug-likeness (QED) is 0.499. The summed E-state index contributed by atoms with van der Waals surface area (Å²) in [4.78, 5) is 0. The van der Waals surface area contributed by atoms with Gasteiger partial charge in [-0.15, -0.1) is 0 Å². The highest BCUT2D eigenvalue weighted by molar-refractivity contribution is 5.76. The molecule has 0 unspecified atom stereocenters. The van der Waals surface area contributed by atoms with Gasteiger partial charge in [-0.05, 0) is 0 Å². The summed E-state index contributed by atoms with van der Waals surface area (Å²) in [5, 5.41) is 2.98. The monoisotopic (exact) mass is 258 g/mol. The molecule has 19 heavy (non-hydrogen) atoms. The van der Waals surface area contributed by atoms with Gasteiger partial charge in [-0.3, -0.25) is 0 Å². The lowest BCUT2D eigenvalue weighted by molar-refractivity contribution is 0.360. The predicted octanol–water partition coefficient (Wildman–Crippen LogP) is 2.37. The van der Waals surface area contributed by atoms with Gasteiger partial charge in [0, 0.05) is 31.3 Å². The van der Waals surface area contributed by atoms with Crippen LogP contribution in [-0.2, 0) is 0 Å². The molecule has 0 aliphatic carbocycles. The zero-order chi connectivity index (χ0) is 13.6. The number of fused-ring (bicyclic) bond motifs is 2. The zero-order valence-electron chi connectivity index (χ0n) is 10.4. The molecular formula is C13H14N4O2. The Bertz CT molecular complexity index is 670. The van der Waals surface area contributed by atoms with Crippen molar-refractivity contribution in [2.75, 3.05) is 29.6 Å². The van der Waals surface area contributed by atoms with Crippen LogP contribution in [0.1, 0.15) is 0 Å². The molecule has 1 aliphatic heterocycles. The van der Waals surface area contributed by atoms with Gasteiger partial charge >= 0.3 is 0 Å². The van der Waals surface area contributed by atoms with Crippen LogP contribution in [0.4, 0.5) is 22.7 Å². The van der Waals surface area contributed by atoms with E-state index in [1.807, 2.05) is 0 Å². The molecule has 0 atom stereocenters. The topological polar surface area (TPSA) is 109 Å². The summed E-state index contributed by atoms with van der Waals surface area (Å²) in [6, 6.07) is 6.76. The maximum Gasteiger partial charge on any atom is 0.172 e. The van der Waals surface area contributed by atoms with E-state index in [1.54, 1.807) is 31.3 Å². The average Bonchev–Trinajstić information content (AvgIpc) is 2.38. The number of hydrogen-bond acceptors (Lipinski definition) is 6. The highest BCUT2D eigenvalue weighted by atomic mass is 16.6. The molecule has 1 aliphatic rings. The summed E-state index contributed by atoms with van der Waals surface area (Å²) in [7, 11) is 1.79. The molecule has 3 rings (SSSR count). The third-order valence-electron chi connectivity index (χ3n) is 2.97.